The maximum absolute atomic E-state index is 12.5. The van der Waals surface area contributed by atoms with E-state index in [2.05, 4.69) is 13.8 Å². The average molecular weight is 565 g/mol. The molecule has 0 radical (unpaired) electrons. The van der Waals surface area contributed by atoms with E-state index in [0.29, 0.717) is 6.42 Å². The van der Waals surface area contributed by atoms with Crippen molar-refractivity contribution in [1.82, 2.24) is 0 Å². The summed E-state index contributed by atoms with van der Waals surface area (Å²) < 4.78 is 22.6. The first-order valence-electron chi connectivity index (χ1n) is 15.1. The molecule has 0 spiro atoms. The van der Waals surface area contributed by atoms with Crippen molar-refractivity contribution in [1.29, 1.82) is 0 Å². The predicted molar refractivity (Wildman–Crippen MR) is 156 cm³/mol. The third kappa shape index (κ3) is 18.7. The zero-order valence-electron chi connectivity index (χ0n) is 24.6. The second-order valence-electron chi connectivity index (χ2n) is 9.92. The van der Waals surface area contributed by atoms with Crippen molar-refractivity contribution in [3.8, 4) is 0 Å². The zero-order valence-corrected chi connectivity index (χ0v) is 26.3. The fourth-order valence-electron chi connectivity index (χ4n) is 4.09. The highest BCUT2D eigenvalue weighted by Gasteiger charge is 2.47. The smallest absolute Gasteiger partial charge is 0.382 e. The van der Waals surface area contributed by atoms with Gasteiger partial charge in [-0.1, -0.05) is 111 Å². The van der Waals surface area contributed by atoms with Crippen molar-refractivity contribution in [2.75, 3.05) is 19.0 Å². The first-order chi connectivity index (χ1) is 18.0. The minimum atomic E-state index is -2.08. The van der Waals surface area contributed by atoms with E-state index in [1.807, 2.05) is 25.6 Å². The molecule has 0 rings (SSSR count). The van der Waals surface area contributed by atoms with E-state index >= 15 is 0 Å². The Morgan fingerprint density at radius 3 is 1.84 bits per heavy atom. The van der Waals surface area contributed by atoms with Gasteiger partial charge in [0.1, 0.15) is 6.10 Å². The molecule has 0 saturated heterocycles. The van der Waals surface area contributed by atoms with Crippen LogP contribution in [0.3, 0.4) is 0 Å². The van der Waals surface area contributed by atoms with Crippen LogP contribution in [0.2, 0.25) is 0 Å². The molecule has 0 fully saturated rings. The molecule has 37 heavy (non-hydrogen) atoms. The number of hydrogen-bond donors (Lipinski definition) is 0. The van der Waals surface area contributed by atoms with Gasteiger partial charge < -0.3 is 9.47 Å². The molecule has 0 aliphatic carbocycles. The Morgan fingerprint density at radius 1 is 0.784 bits per heavy atom. The maximum Gasteiger partial charge on any atom is 0.382 e. The lowest BCUT2D eigenvalue weighted by molar-refractivity contribution is -0.403. The van der Waals surface area contributed by atoms with E-state index in [9.17, 15) is 9.36 Å². The maximum atomic E-state index is 12.5. The molecule has 0 heterocycles. The van der Waals surface area contributed by atoms with E-state index in [1.165, 1.54) is 89.9 Å². The second-order valence-corrected chi connectivity index (χ2v) is 12.0. The van der Waals surface area contributed by atoms with Gasteiger partial charge in [0, 0.05) is 5.25 Å². The van der Waals surface area contributed by atoms with Gasteiger partial charge in [-0.05, 0) is 38.9 Å². The summed E-state index contributed by atoms with van der Waals surface area (Å²) in [7, 11) is -0.633. The number of hydrogen-bond acceptors (Lipinski definition) is 7. The number of thioether (sulfide) groups is 1. The molecule has 0 aliphatic heterocycles. The average Bonchev–Trinajstić information content (AvgIpc) is 2.90. The molecule has 0 aromatic rings. The quantitative estimate of drug-likeness (QED) is 0.0234. The molecule has 220 valence electrons. The first kappa shape index (κ1) is 36.8. The highest BCUT2D eigenvalue weighted by Crippen LogP contribution is 2.32. The Balaban J connectivity index is 4.82. The summed E-state index contributed by atoms with van der Waals surface area (Å²) in [5, 5.41) is 0.231. The standard InChI is InChI=1S/C29H57O6PS/c1-6-10-12-14-16-18-20-22-25-37-27(23-21-19-17-15-13-11-7-2)26(5)34-35-29(36-31,33-24-8-3)28(30)32-9-4/h26-27H,6-25H2,1-5H3. The summed E-state index contributed by atoms with van der Waals surface area (Å²) in [6.45, 7) is 10.4. The highest BCUT2D eigenvalue weighted by atomic mass is 32.2. The Hall–Kier alpha value is -0.200. The molecule has 0 saturated carbocycles. The Morgan fingerprint density at radius 2 is 1.32 bits per heavy atom. The van der Waals surface area contributed by atoms with Gasteiger partial charge in [-0.2, -0.15) is 16.6 Å². The summed E-state index contributed by atoms with van der Waals surface area (Å²) in [5.74, 6) is 0.251. The largest absolute Gasteiger partial charge is 0.461 e. The molecule has 0 bridgehead atoms. The van der Waals surface area contributed by atoms with Crippen LogP contribution in [-0.2, 0) is 28.6 Å². The summed E-state index contributed by atoms with van der Waals surface area (Å²) >= 11 is 1.93. The van der Waals surface area contributed by atoms with E-state index < -0.39 is 20.0 Å². The van der Waals surface area contributed by atoms with Gasteiger partial charge in [0.25, 0.3) is 0 Å². The fourth-order valence-corrected chi connectivity index (χ4v) is 5.77. The van der Waals surface area contributed by atoms with Gasteiger partial charge in [-0.3, -0.25) is 4.57 Å². The molecular formula is C29H57O6PS. The highest BCUT2D eigenvalue weighted by molar-refractivity contribution is 7.99. The van der Waals surface area contributed by atoms with Crippen molar-refractivity contribution >= 4 is 26.2 Å². The van der Waals surface area contributed by atoms with E-state index in [1.54, 1.807) is 6.92 Å². The molecule has 3 unspecified atom stereocenters. The summed E-state index contributed by atoms with van der Waals surface area (Å²) in [4.78, 5) is 23.7. The predicted octanol–water partition coefficient (Wildman–Crippen LogP) is 9.64. The number of carbonyl (C=O) groups excluding carboxylic acids is 1. The van der Waals surface area contributed by atoms with Crippen LogP contribution >= 0.6 is 20.2 Å². The molecule has 0 aromatic heterocycles. The van der Waals surface area contributed by atoms with Crippen LogP contribution < -0.4 is 0 Å². The molecular weight excluding hydrogens is 507 g/mol. The van der Waals surface area contributed by atoms with Gasteiger partial charge >= 0.3 is 11.5 Å². The third-order valence-corrected chi connectivity index (χ3v) is 8.61. The van der Waals surface area contributed by atoms with Gasteiger partial charge in [0.05, 0.1) is 13.2 Å². The van der Waals surface area contributed by atoms with E-state index in [4.69, 9.17) is 19.2 Å². The minimum absolute atomic E-state index is 0.139. The van der Waals surface area contributed by atoms with Crippen LogP contribution in [0.15, 0.2) is 0 Å². The van der Waals surface area contributed by atoms with Crippen molar-refractivity contribution in [2.24, 2.45) is 0 Å². The van der Waals surface area contributed by atoms with E-state index in [0.717, 1.165) is 18.6 Å². The lowest BCUT2D eigenvalue weighted by Gasteiger charge is -2.28. The number of rotatable bonds is 28. The number of esters is 1. The molecule has 3 atom stereocenters. The normalized spacial score (nSPS) is 14.9. The zero-order chi connectivity index (χ0) is 27.6. The summed E-state index contributed by atoms with van der Waals surface area (Å²) in [6, 6.07) is 0. The van der Waals surface area contributed by atoms with Crippen LogP contribution in [-0.4, -0.2) is 41.8 Å². The van der Waals surface area contributed by atoms with Crippen LogP contribution in [0.25, 0.3) is 0 Å². The Labute approximate surface area is 234 Å². The monoisotopic (exact) mass is 564 g/mol. The van der Waals surface area contributed by atoms with E-state index in [-0.39, 0.29) is 24.6 Å². The van der Waals surface area contributed by atoms with Crippen molar-refractivity contribution in [3.05, 3.63) is 0 Å². The van der Waals surface area contributed by atoms with Crippen LogP contribution in [0.5, 0.6) is 0 Å². The van der Waals surface area contributed by atoms with Gasteiger partial charge in [-0.15, -0.1) is 0 Å². The van der Waals surface area contributed by atoms with Crippen molar-refractivity contribution < 1.29 is 28.6 Å². The van der Waals surface area contributed by atoms with Crippen LogP contribution in [0, 0.1) is 0 Å². The van der Waals surface area contributed by atoms with Crippen LogP contribution in [0.1, 0.15) is 144 Å². The number of unbranched alkanes of at least 4 members (excludes halogenated alkanes) is 13. The van der Waals surface area contributed by atoms with Gasteiger partial charge in [0.2, 0.25) is 8.46 Å². The molecule has 6 nitrogen and oxygen atoms in total. The molecule has 0 N–H and O–H groups in total. The van der Waals surface area contributed by atoms with Crippen LogP contribution in [0.4, 0.5) is 0 Å². The first-order valence-corrected chi connectivity index (χ1v) is 17.0. The molecule has 0 amide bonds. The molecule has 0 aliphatic rings. The Bertz CT molecular complexity index is 539. The fraction of sp³-hybridized carbons (Fsp3) is 0.966. The minimum Gasteiger partial charge on any atom is -0.461 e. The van der Waals surface area contributed by atoms with Gasteiger partial charge in [0.15, 0.2) is 0 Å². The number of ether oxygens (including phenoxy) is 2. The topological polar surface area (TPSA) is 71.1 Å². The molecule has 8 heteroatoms. The Kier molecular flexibility index (Phi) is 25.9. The van der Waals surface area contributed by atoms with Gasteiger partial charge in [-0.25, -0.2) is 9.68 Å². The summed E-state index contributed by atoms with van der Waals surface area (Å²) in [5.41, 5.74) is -2.08. The number of carbonyl (C=O) groups is 1. The molecule has 0 aromatic carbocycles. The lowest BCUT2D eigenvalue weighted by Crippen LogP contribution is -2.42. The van der Waals surface area contributed by atoms with Crippen molar-refractivity contribution in [3.63, 3.8) is 0 Å². The summed E-state index contributed by atoms with van der Waals surface area (Å²) in [6.07, 6.45) is 20.7. The SMILES string of the molecule is CCCCCCCCCCSC(CCCCCCCCC)C(C)OOC(OCCC)(P=O)C(=O)OCC. The third-order valence-electron chi connectivity index (χ3n) is 6.41. The second kappa shape index (κ2) is 26.0. The van der Waals surface area contributed by atoms with Crippen molar-refractivity contribution in [2.45, 2.75) is 161 Å². The lowest BCUT2D eigenvalue weighted by atomic mass is 10.1.